The molecule has 1 aliphatic rings. The molecule has 0 radical (unpaired) electrons. The maximum absolute atomic E-state index is 3.43. The minimum absolute atomic E-state index is 0.800. The van der Waals surface area contributed by atoms with Gasteiger partial charge in [-0.2, -0.15) is 0 Å². The highest BCUT2D eigenvalue weighted by Crippen LogP contribution is 2.26. The Hall–Kier alpha value is -0.380. The topological polar surface area (TPSA) is 15.3 Å². The van der Waals surface area contributed by atoms with Crippen molar-refractivity contribution in [1.82, 2.24) is 10.2 Å². The van der Waals surface area contributed by atoms with Crippen molar-refractivity contribution in [3.63, 3.8) is 0 Å². The molecule has 0 unspecified atom stereocenters. The van der Waals surface area contributed by atoms with Crippen LogP contribution in [0, 0.1) is 6.92 Å². The van der Waals surface area contributed by atoms with Crippen molar-refractivity contribution >= 4 is 11.3 Å². The number of nitrogens with one attached hydrogen (secondary N) is 1. The molecule has 1 saturated carbocycles. The van der Waals surface area contributed by atoms with Crippen molar-refractivity contribution in [2.75, 3.05) is 13.6 Å². The van der Waals surface area contributed by atoms with Crippen LogP contribution in [0.4, 0.5) is 0 Å². The van der Waals surface area contributed by atoms with Crippen molar-refractivity contribution in [3.05, 3.63) is 21.4 Å². The lowest BCUT2D eigenvalue weighted by atomic mass is 10.1. The fraction of sp³-hybridized carbons (Fsp3) is 0.765. The van der Waals surface area contributed by atoms with Gasteiger partial charge in [-0.05, 0) is 45.0 Å². The summed E-state index contributed by atoms with van der Waals surface area (Å²) in [6.45, 7) is 7.64. The zero-order valence-corrected chi connectivity index (χ0v) is 14.2. The second kappa shape index (κ2) is 8.16. The summed E-state index contributed by atoms with van der Waals surface area (Å²) in [5.41, 5.74) is 1.54. The molecule has 20 heavy (non-hydrogen) atoms. The summed E-state index contributed by atoms with van der Waals surface area (Å²) in [5.74, 6) is 0. The predicted octanol–water partition coefficient (Wildman–Crippen LogP) is 4.32. The van der Waals surface area contributed by atoms with Gasteiger partial charge in [0, 0.05) is 28.9 Å². The lowest BCUT2D eigenvalue weighted by Gasteiger charge is -2.27. The minimum atomic E-state index is 0.800. The summed E-state index contributed by atoms with van der Waals surface area (Å²) >= 11 is 1.96. The molecule has 1 heterocycles. The van der Waals surface area contributed by atoms with Gasteiger partial charge in [-0.3, -0.25) is 4.90 Å². The van der Waals surface area contributed by atoms with Crippen molar-refractivity contribution in [3.8, 4) is 0 Å². The third kappa shape index (κ3) is 4.57. The molecule has 0 spiro atoms. The Morgan fingerprint density at radius 2 is 1.95 bits per heavy atom. The Labute approximate surface area is 128 Å². The van der Waals surface area contributed by atoms with Gasteiger partial charge < -0.3 is 5.32 Å². The second-order valence-electron chi connectivity index (χ2n) is 6.13. The van der Waals surface area contributed by atoms with Crippen LogP contribution in [-0.4, -0.2) is 24.5 Å². The van der Waals surface area contributed by atoms with E-state index in [0.717, 1.165) is 25.7 Å². The summed E-state index contributed by atoms with van der Waals surface area (Å²) < 4.78 is 0. The summed E-state index contributed by atoms with van der Waals surface area (Å²) in [7, 11) is 2.32. The van der Waals surface area contributed by atoms with E-state index in [9.17, 15) is 0 Å². The predicted molar refractivity (Wildman–Crippen MR) is 89.4 cm³/mol. The van der Waals surface area contributed by atoms with Crippen LogP contribution >= 0.6 is 11.3 Å². The molecule has 0 atom stereocenters. The van der Waals surface area contributed by atoms with E-state index in [4.69, 9.17) is 0 Å². The number of nitrogens with zero attached hydrogens (tertiary/aromatic N) is 1. The van der Waals surface area contributed by atoms with Crippen LogP contribution in [0.5, 0.6) is 0 Å². The van der Waals surface area contributed by atoms with Crippen LogP contribution in [0.2, 0.25) is 0 Å². The van der Waals surface area contributed by atoms with Gasteiger partial charge in [-0.1, -0.05) is 32.6 Å². The van der Waals surface area contributed by atoms with Crippen LogP contribution < -0.4 is 5.32 Å². The fourth-order valence-corrected chi connectivity index (χ4v) is 4.20. The van der Waals surface area contributed by atoms with Crippen molar-refractivity contribution in [1.29, 1.82) is 0 Å². The molecule has 0 saturated heterocycles. The monoisotopic (exact) mass is 294 g/mol. The van der Waals surface area contributed by atoms with E-state index >= 15 is 0 Å². The Morgan fingerprint density at radius 3 is 2.60 bits per heavy atom. The van der Waals surface area contributed by atoms with Gasteiger partial charge in [-0.15, -0.1) is 11.3 Å². The van der Waals surface area contributed by atoms with Gasteiger partial charge in [0.1, 0.15) is 0 Å². The molecule has 1 fully saturated rings. The first-order valence-electron chi connectivity index (χ1n) is 8.20. The van der Waals surface area contributed by atoms with Gasteiger partial charge >= 0.3 is 0 Å². The molecule has 1 aliphatic carbocycles. The molecule has 0 amide bonds. The van der Waals surface area contributed by atoms with E-state index in [1.165, 1.54) is 53.8 Å². The number of thiophene rings is 1. The Bertz CT molecular complexity index is 392. The first-order valence-corrected chi connectivity index (χ1v) is 9.01. The molecule has 1 aromatic rings. The number of hydrogen-bond acceptors (Lipinski definition) is 3. The maximum Gasteiger partial charge on any atom is 0.0299 e. The summed E-state index contributed by atoms with van der Waals surface area (Å²) in [6, 6.07) is 3.21. The minimum Gasteiger partial charge on any atom is -0.312 e. The highest BCUT2D eigenvalue weighted by molar-refractivity contribution is 7.12. The third-order valence-electron chi connectivity index (χ3n) is 4.49. The van der Waals surface area contributed by atoms with Gasteiger partial charge in [-0.25, -0.2) is 0 Å². The Balaban J connectivity index is 1.92. The third-order valence-corrected chi connectivity index (χ3v) is 5.58. The Morgan fingerprint density at radius 1 is 1.25 bits per heavy atom. The van der Waals surface area contributed by atoms with Crippen LogP contribution in [0.1, 0.15) is 60.8 Å². The zero-order valence-electron chi connectivity index (χ0n) is 13.4. The zero-order chi connectivity index (χ0) is 14.4. The van der Waals surface area contributed by atoms with Crippen molar-refractivity contribution in [2.24, 2.45) is 0 Å². The maximum atomic E-state index is 3.43. The normalized spacial score (nSPS) is 17.6. The molecule has 3 heteroatoms. The van der Waals surface area contributed by atoms with Crippen LogP contribution in [0.15, 0.2) is 6.07 Å². The summed E-state index contributed by atoms with van der Waals surface area (Å²) in [5, 5.41) is 3.43. The second-order valence-corrected chi connectivity index (χ2v) is 7.48. The van der Waals surface area contributed by atoms with Gasteiger partial charge in [0.15, 0.2) is 0 Å². The standard InChI is InChI=1S/C17H30N2S/c1-4-18-12-17-11-15(14(2)20-17)13-19(3)16-9-7-5-6-8-10-16/h11,16,18H,4-10,12-13H2,1-3H3. The molecule has 114 valence electrons. The van der Waals surface area contributed by atoms with Crippen molar-refractivity contribution < 1.29 is 0 Å². The van der Waals surface area contributed by atoms with E-state index in [1.807, 2.05) is 11.3 Å². The molecule has 1 aromatic heterocycles. The van der Waals surface area contributed by atoms with Crippen LogP contribution in [0.25, 0.3) is 0 Å². The SMILES string of the molecule is CCNCc1cc(CN(C)C2CCCCCC2)c(C)s1. The molecule has 1 N–H and O–H groups in total. The van der Waals surface area contributed by atoms with E-state index in [2.05, 4.69) is 37.2 Å². The smallest absolute Gasteiger partial charge is 0.0299 e. The van der Waals surface area contributed by atoms with E-state index < -0.39 is 0 Å². The van der Waals surface area contributed by atoms with E-state index in [0.29, 0.717) is 0 Å². The lowest BCUT2D eigenvalue weighted by Crippen LogP contribution is -2.30. The van der Waals surface area contributed by atoms with Gasteiger partial charge in [0.2, 0.25) is 0 Å². The highest BCUT2D eigenvalue weighted by Gasteiger charge is 2.18. The molecular weight excluding hydrogens is 264 g/mol. The van der Waals surface area contributed by atoms with Gasteiger partial charge in [0.25, 0.3) is 0 Å². The molecule has 0 bridgehead atoms. The van der Waals surface area contributed by atoms with Gasteiger partial charge in [0.05, 0.1) is 0 Å². The molecule has 2 nitrogen and oxygen atoms in total. The first-order chi connectivity index (χ1) is 9.70. The number of rotatable bonds is 6. The first kappa shape index (κ1) is 16.0. The summed E-state index contributed by atoms with van der Waals surface area (Å²) in [4.78, 5) is 5.57. The van der Waals surface area contributed by atoms with E-state index in [-0.39, 0.29) is 0 Å². The average Bonchev–Trinajstić information content (AvgIpc) is 2.67. The number of hydrogen-bond donors (Lipinski definition) is 1. The quantitative estimate of drug-likeness (QED) is 0.786. The Kier molecular flexibility index (Phi) is 6.53. The van der Waals surface area contributed by atoms with Crippen LogP contribution in [0.3, 0.4) is 0 Å². The lowest BCUT2D eigenvalue weighted by molar-refractivity contribution is 0.213. The molecular formula is C17H30N2S. The van der Waals surface area contributed by atoms with Crippen LogP contribution in [-0.2, 0) is 13.1 Å². The highest BCUT2D eigenvalue weighted by atomic mass is 32.1. The summed E-state index contributed by atoms with van der Waals surface area (Å²) in [6.07, 6.45) is 8.50. The largest absolute Gasteiger partial charge is 0.312 e. The average molecular weight is 295 g/mol. The molecule has 0 aliphatic heterocycles. The van der Waals surface area contributed by atoms with E-state index in [1.54, 1.807) is 0 Å². The van der Waals surface area contributed by atoms with Crippen molar-refractivity contribution in [2.45, 2.75) is 71.5 Å². The number of aryl methyl sites for hydroxylation is 1. The molecule has 0 aromatic carbocycles. The fourth-order valence-electron chi connectivity index (χ4n) is 3.18. The molecule has 2 rings (SSSR count).